The Balaban J connectivity index is 2.33. The second kappa shape index (κ2) is 8.23. The molecule has 2 atom stereocenters. The van der Waals surface area contributed by atoms with Crippen molar-refractivity contribution in [1.29, 1.82) is 0 Å². The zero-order valence-electron chi connectivity index (χ0n) is 15.1. The van der Waals surface area contributed by atoms with Crippen molar-refractivity contribution in [1.82, 2.24) is 0 Å². The van der Waals surface area contributed by atoms with Crippen LogP contribution in [0.25, 0.3) is 0 Å². The van der Waals surface area contributed by atoms with Crippen LogP contribution in [0, 0.1) is 5.21 Å². The van der Waals surface area contributed by atoms with Gasteiger partial charge in [0.25, 0.3) is 0 Å². The highest BCUT2D eigenvalue weighted by Gasteiger charge is 2.40. The van der Waals surface area contributed by atoms with E-state index in [0.29, 0.717) is 0 Å². The molecule has 0 amide bonds. The molecule has 3 rings (SSSR count). The molecule has 0 fully saturated rings. The summed E-state index contributed by atoms with van der Waals surface area (Å²) in [5.74, 6) is -2.98. The Bertz CT molecular complexity index is 1050. The standard InChI is InChI=1S/C18H17ClN2O8/c1-2-27-18(24)14-13(10-5-8(21(25)26)3-4-11(10)19)16-15(29-17(14)20)12(23)6-9(7-22)28-16/h3-6,13,21-22,25H,2,7,20H2,1H3/t13-/m1/s1. The molecule has 1 aliphatic heterocycles. The number of hydrogen-bond donors (Lipinski definition) is 4. The molecule has 0 radical (unpaired) electrons. The van der Waals surface area contributed by atoms with Gasteiger partial charge in [0.2, 0.25) is 17.1 Å². The maximum absolute atomic E-state index is 12.6. The number of halogens is 1. The van der Waals surface area contributed by atoms with Crippen molar-refractivity contribution < 1.29 is 34.2 Å². The Morgan fingerprint density at radius 2 is 2.14 bits per heavy atom. The molecular weight excluding hydrogens is 408 g/mol. The van der Waals surface area contributed by atoms with Gasteiger partial charge in [-0.05, 0) is 18.6 Å². The Labute approximate surface area is 168 Å². The van der Waals surface area contributed by atoms with E-state index in [1.165, 1.54) is 18.2 Å². The first kappa shape index (κ1) is 20.8. The van der Waals surface area contributed by atoms with E-state index in [1.807, 2.05) is 0 Å². The molecule has 29 heavy (non-hydrogen) atoms. The van der Waals surface area contributed by atoms with Crippen LogP contribution in [0.4, 0.5) is 5.69 Å². The van der Waals surface area contributed by atoms with Gasteiger partial charge in [-0.3, -0.25) is 4.79 Å². The number of aliphatic hydroxyl groups excluding tert-OH is 1. The highest BCUT2D eigenvalue weighted by molar-refractivity contribution is 6.31. The fourth-order valence-corrected chi connectivity index (χ4v) is 3.21. The number of carbonyl (C=O) groups is 1. The van der Waals surface area contributed by atoms with Gasteiger partial charge in [-0.2, -0.15) is 5.23 Å². The molecular formula is C18H17ClN2O8. The van der Waals surface area contributed by atoms with Gasteiger partial charge in [-0.25, -0.2) is 10.0 Å². The van der Waals surface area contributed by atoms with E-state index in [4.69, 9.17) is 31.2 Å². The summed E-state index contributed by atoms with van der Waals surface area (Å²) in [6.45, 7) is 1.02. The van der Waals surface area contributed by atoms with E-state index in [1.54, 1.807) is 6.92 Å². The van der Waals surface area contributed by atoms with Gasteiger partial charge < -0.3 is 29.9 Å². The van der Waals surface area contributed by atoms with Crippen molar-refractivity contribution in [3.63, 3.8) is 0 Å². The van der Waals surface area contributed by atoms with E-state index in [0.717, 1.165) is 6.07 Å². The predicted octanol–water partition coefficient (Wildman–Crippen LogP) is 0.447. The monoisotopic (exact) mass is 424 g/mol. The summed E-state index contributed by atoms with van der Waals surface area (Å²) in [5.41, 5.74) is 5.09. The number of benzene rings is 1. The van der Waals surface area contributed by atoms with Crippen LogP contribution in [-0.2, 0) is 16.1 Å². The zero-order chi connectivity index (χ0) is 21.3. The van der Waals surface area contributed by atoms with Crippen molar-refractivity contribution in [2.24, 2.45) is 5.73 Å². The number of carbonyl (C=O) groups excluding carboxylic acids is 1. The fourth-order valence-electron chi connectivity index (χ4n) is 2.98. The number of rotatable bonds is 5. The van der Waals surface area contributed by atoms with Gasteiger partial charge in [0.1, 0.15) is 17.9 Å². The van der Waals surface area contributed by atoms with Gasteiger partial charge >= 0.3 is 5.97 Å². The van der Waals surface area contributed by atoms with E-state index in [-0.39, 0.29) is 45.7 Å². The third-order valence-corrected chi connectivity index (χ3v) is 4.56. The molecule has 0 spiro atoms. The topological polar surface area (TPSA) is 160 Å². The lowest BCUT2D eigenvalue weighted by atomic mass is 9.86. The highest BCUT2D eigenvalue weighted by atomic mass is 35.5. The number of nitrogens with one attached hydrogen (secondary N) is 1. The number of esters is 1. The van der Waals surface area contributed by atoms with Crippen LogP contribution in [0.2, 0.25) is 5.02 Å². The average Bonchev–Trinajstić information content (AvgIpc) is 2.68. The largest absolute Gasteiger partial charge is 0.595 e. The molecule has 5 N–H and O–H groups in total. The lowest BCUT2D eigenvalue weighted by Crippen LogP contribution is -2.99. The number of nitrogens with two attached hydrogens (primary N) is 1. The minimum absolute atomic E-state index is 0.0265. The molecule has 1 unspecified atom stereocenters. The maximum atomic E-state index is 12.6. The summed E-state index contributed by atoms with van der Waals surface area (Å²) in [5, 5.41) is 29.0. The van der Waals surface area contributed by atoms with Crippen molar-refractivity contribution in [3.05, 3.63) is 73.3 Å². The maximum Gasteiger partial charge on any atom is 0.340 e. The lowest BCUT2D eigenvalue weighted by Gasteiger charge is -2.27. The number of fused-ring (bicyclic) bond motifs is 1. The van der Waals surface area contributed by atoms with Crippen LogP contribution in [-0.4, -0.2) is 22.9 Å². The van der Waals surface area contributed by atoms with Crippen molar-refractivity contribution in [2.45, 2.75) is 19.4 Å². The third kappa shape index (κ3) is 3.84. The first-order chi connectivity index (χ1) is 13.8. The summed E-state index contributed by atoms with van der Waals surface area (Å²) >= 11 is 6.29. The van der Waals surface area contributed by atoms with Gasteiger partial charge in [0, 0.05) is 23.2 Å². The quantitative estimate of drug-likeness (QED) is 0.394. The molecule has 0 saturated carbocycles. The van der Waals surface area contributed by atoms with Crippen molar-refractivity contribution in [3.8, 4) is 5.75 Å². The van der Waals surface area contributed by atoms with E-state index in [2.05, 4.69) is 0 Å². The molecule has 1 aromatic carbocycles. The summed E-state index contributed by atoms with van der Waals surface area (Å²) in [4.78, 5) is 25.0. The summed E-state index contributed by atoms with van der Waals surface area (Å²) < 4.78 is 15.9. The number of ether oxygens (including phenoxy) is 2. The van der Waals surface area contributed by atoms with Gasteiger partial charge in [0.05, 0.1) is 12.5 Å². The molecule has 2 aromatic rings. The van der Waals surface area contributed by atoms with E-state index < -0.39 is 35.0 Å². The van der Waals surface area contributed by atoms with Gasteiger partial charge in [-0.15, -0.1) is 0 Å². The Morgan fingerprint density at radius 3 is 2.76 bits per heavy atom. The van der Waals surface area contributed by atoms with Gasteiger partial charge in [-0.1, -0.05) is 11.6 Å². The van der Waals surface area contributed by atoms with Crippen molar-refractivity contribution in [2.75, 3.05) is 6.61 Å². The molecule has 10 nitrogen and oxygen atoms in total. The van der Waals surface area contributed by atoms with Gasteiger partial charge in [0.15, 0.2) is 11.4 Å². The lowest BCUT2D eigenvalue weighted by molar-refractivity contribution is -0.991. The van der Waals surface area contributed by atoms with Crippen LogP contribution in [0.5, 0.6) is 5.75 Å². The second-order valence-corrected chi connectivity index (χ2v) is 6.41. The van der Waals surface area contributed by atoms with Crippen molar-refractivity contribution >= 4 is 23.3 Å². The molecule has 154 valence electrons. The number of hydrogen-bond acceptors (Lipinski definition) is 9. The SMILES string of the molecule is CCOC(=O)C1=C(N)Oc2c(oc(CO)cc2=O)[C@@H]1c1cc([NH+]([O-])O)ccc1Cl. The van der Waals surface area contributed by atoms with Crippen LogP contribution in [0.1, 0.15) is 29.9 Å². The van der Waals surface area contributed by atoms with Crippen LogP contribution >= 0.6 is 11.6 Å². The average molecular weight is 425 g/mol. The molecule has 1 aromatic heterocycles. The first-order valence-corrected chi connectivity index (χ1v) is 8.81. The molecule has 0 saturated heterocycles. The number of quaternary nitrogens is 1. The van der Waals surface area contributed by atoms with Crippen LogP contribution < -0.4 is 21.1 Å². The smallest absolute Gasteiger partial charge is 0.340 e. The minimum Gasteiger partial charge on any atom is -0.595 e. The van der Waals surface area contributed by atoms with Crippen LogP contribution in [0.15, 0.2) is 44.9 Å². The predicted molar refractivity (Wildman–Crippen MR) is 98.4 cm³/mol. The molecule has 0 aliphatic carbocycles. The van der Waals surface area contributed by atoms with Crippen LogP contribution in [0.3, 0.4) is 0 Å². The highest BCUT2D eigenvalue weighted by Crippen LogP contribution is 2.44. The third-order valence-electron chi connectivity index (χ3n) is 4.21. The molecule has 2 heterocycles. The summed E-state index contributed by atoms with van der Waals surface area (Å²) in [6.07, 6.45) is 0. The fraction of sp³-hybridized carbons (Fsp3) is 0.222. The first-order valence-electron chi connectivity index (χ1n) is 8.43. The number of aliphatic hydroxyl groups is 1. The Hall–Kier alpha value is -2.89. The second-order valence-electron chi connectivity index (χ2n) is 6.00. The molecule has 1 aliphatic rings. The Kier molecular flexibility index (Phi) is 5.91. The minimum atomic E-state index is -1.23. The summed E-state index contributed by atoms with van der Waals surface area (Å²) in [7, 11) is 0. The summed E-state index contributed by atoms with van der Waals surface area (Å²) in [6, 6.07) is 4.88. The molecule has 11 heteroatoms. The van der Waals surface area contributed by atoms with E-state index in [9.17, 15) is 25.1 Å². The zero-order valence-corrected chi connectivity index (χ0v) is 15.9. The van der Waals surface area contributed by atoms with E-state index >= 15 is 0 Å². The normalized spacial score (nSPS) is 16.8. The molecule has 0 bridgehead atoms. The Morgan fingerprint density at radius 1 is 1.41 bits per heavy atom.